The van der Waals surface area contributed by atoms with Crippen LogP contribution in [0.15, 0.2) is 40.6 Å². The summed E-state index contributed by atoms with van der Waals surface area (Å²) in [7, 11) is -2.44. The van der Waals surface area contributed by atoms with Crippen molar-refractivity contribution < 1.29 is 17.6 Å². The van der Waals surface area contributed by atoms with Gasteiger partial charge in [-0.25, -0.2) is 12.8 Å². The Morgan fingerprint density at radius 3 is 2.33 bits per heavy atom. The summed E-state index contributed by atoms with van der Waals surface area (Å²) in [6, 6.07) is 6.49. The van der Waals surface area contributed by atoms with E-state index in [-0.39, 0.29) is 10.8 Å². The highest BCUT2D eigenvalue weighted by Crippen LogP contribution is 2.26. The van der Waals surface area contributed by atoms with Crippen molar-refractivity contribution in [2.24, 2.45) is 0 Å². The van der Waals surface area contributed by atoms with Crippen LogP contribution in [0.4, 0.5) is 10.1 Å². The summed E-state index contributed by atoms with van der Waals surface area (Å²) < 4.78 is 39.3. The fourth-order valence-corrected chi connectivity index (χ4v) is 4.28. The molecule has 1 amide bonds. The summed E-state index contributed by atoms with van der Waals surface area (Å²) in [5.74, 6) is -0.764. The van der Waals surface area contributed by atoms with E-state index in [2.05, 4.69) is 5.32 Å². The lowest BCUT2D eigenvalue weighted by atomic mass is 10.1. The number of sulfonamides is 1. The molecule has 0 atom stereocenters. The molecule has 0 aliphatic heterocycles. The normalized spacial score (nSPS) is 12.0. The van der Waals surface area contributed by atoms with E-state index in [9.17, 15) is 17.6 Å². The van der Waals surface area contributed by atoms with Gasteiger partial charge < -0.3 is 5.32 Å². The van der Waals surface area contributed by atoms with Gasteiger partial charge in [-0.3, -0.25) is 9.10 Å². The third-order valence-corrected chi connectivity index (χ3v) is 5.98. The van der Waals surface area contributed by atoms with Gasteiger partial charge in [0.15, 0.2) is 0 Å². The molecule has 0 spiro atoms. The predicted octanol–water partition coefficient (Wildman–Crippen LogP) is 3.24. The van der Waals surface area contributed by atoms with E-state index in [1.165, 1.54) is 42.8 Å². The van der Waals surface area contributed by atoms with Crippen LogP contribution in [-0.4, -0.2) is 26.9 Å². The smallest absolute Gasteiger partial charge is 0.264 e. The van der Waals surface area contributed by atoms with Gasteiger partial charge in [0.1, 0.15) is 5.82 Å². The first-order valence-electron chi connectivity index (χ1n) is 7.16. The second-order valence-electron chi connectivity index (χ2n) is 6.30. The van der Waals surface area contributed by atoms with Crippen LogP contribution in [0, 0.1) is 5.82 Å². The molecule has 0 saturated carbocycles. The first-order chi connectivity index (χ1) is 11.0. The maximum Gasteiger partial charge on any atom is 0.264 e. The summed E-state index contributed by atoms with van der Waals surface area (Å²) >= 11 is 1.06. The van der Waals surface area contributed by atoms with Gasteiger partial charge >= 0.3 is 0 Å². The minimum absolute atomic E-state index is 0.0263. The first kappa shape index (κ1) is 18.4. The molecule has 130 valence electrons. The Labute approximate surface area is 145 Å². The molecule has 0 aliphatic carbocycles. The minimum atomic E-state index is -3.82. The van der Waals surface area contributed by atoms with Crippen LogP contribution in [0.2, 0.25) is 0 Å². The third kappa shape index (κ3) is 4.12. The zero-order valence-corrected chi connectivity index (χ0v) is 15.5. The van der Waals surface area contributed by atoms with Gasteiger partial charge in [0.05, 0.1) is 15.5 Å². The van der Waals surface area contributed by atoms with E-state index >= 15 is 0 Å². The van der Waals surface area contributed by atoms with Gasteiger partial charge in [0.2, 0.25) is 0 Å². The highest BCUT2D eigenvalue weighted by atomic mass is 32.2. The SMILES string of the molecule is CN(c1ccc(F)cc1)S(=O)(=O)c1csc(C(=O)NC(C)(C)C)c1. The van der Waals surface area contributed by atoms with Crippen LogP contribution in [0.25, 0.3) is 0 Å². The molecule has 0 saturated heterocycles. The maximum absolute atomic E-state index is 13.0. The van der Waals surface area contributed by atoms with Crippen LogP contribution in [0.3, 0.4) is 0 Å². The maximum atomic E-state index is 13.0. The van der Waals surface area contributed by atoms with Gasteiger partial charge in [-0.2, -0.15) is 0 Å². The molecule has 0 radical (unpaired) electrons. The van der Waals surface area contributed by atoms with Crippen LogP contribution in [-0.2, 0) is 10.0 Å². The van der Waals surface area contributed by atoms with E-state index in [1.54, 1.807) is 0 Å². The Morgan fingerprint density at radius 2 is 1.79 bits per heavy atom. The Bertz CT molecular complexity index is 837. The van der Waals surface area contributed by atoms with Crippen molar-refractivity contribution >= 4 is 33.0 Å². The number of halogens is 1. The molecule has 0 bridgehead atoms. The number of benzene rings is 1. The molecule has 2 rings (SSSR count). The molecule has 1 heterocycles. The lowest BCUT2D eigenvalue weighted by molar-refractivity contribution is 0.0923. The van der Waals surface area contributed by atoms with Crippen LogP contribution >= 0.6 is 11.3 Å². The number of hydrogen-bond donors (Lipinski definition) is 1. The van der Waals surface area contributed by atoms with Crippen molar-refractivity contribution in [3.05, 3.63) is 46.4 Å². The lowest BCUT2D eigenvalue weighted by Crippen LogP contribution is -2.40. The van der Waals surface area contributed by atoms with E-state index in [0.29, 0.717) is 10.6 Å². The summed E-state index contributed by atoms with van der Waals surface area (Å²) in [5.41, 5.74) is -0.0753. The number of rotatable bonds is 4. The number of carbonyl (C=O) groups is 1. The van der Waals surface area contributed by atoms with E-state index in [0.717, 1.165) is 15.6 Å². The summed E-state index contributed by atoms with van der Waals surface area (Å²) in [5, 5.41) is 4.21. The molecular weight excluding hydrogens is 351 g/mol. The highest BCUT2D eigenvalue weighted by molar-refractivity contribution is 7.93. The fourth-order valence-electron chi connectivity index (χ4n) is 1.92. The summed E-state index contributed by atoms with van der Waals surface area (Å²) in [4.78, 5) is 12.5. The number of nitrogens with zero attached hydrogens (tertiary/aromatic N) is 1. The standard InChI is InChI=1S/C16H19FN2O3S2/c1-16(2,3)18-15(20)14-9-13(10-23-14)24(21,22)19(4)12-7-5-11(17)6-8-12/h5-10H,1-4H3,(H,18,20). The van der Waals surface area contributed by atoms with E-state index in [4.69, 9.17) is 0 Å². The lowest BCUT2D eigenvalue weighted by Gasteiger charge is -2.20. The Hall–Kier alpha value is -1.93. The van der Waals surface area contributed by atoms with Gasteiger partial charge in [0.25, 0.3) is 15.9 Å². The number of carbonyl (C=O) groups excluding carboxylic acids is 1. The molecular formula is C16H19FN2O3S2. The second kappa shape index (κ2) is 6.52. The Kier molecular flexibility index (Phi) is 5.00. The molecule has 24 heavy (non-hydrogen) atoms. The summed E-state index contributed by atoms with van der Waals surface area (Å²) in [6.45, 7) is 5.54. The largest absolute Gasteiger partial charge is 0.347 e. The zero-order valence-electron chi connectivity index (χ0n) is 13.8. The zero-order chi connectivity index (χ0) is 18.1. The monoisotopic (exact) mass is 370 g/mol. The number of thiophene rings is 1. The van der Waals surface area contributed by atoms with Crippen molar-refractivity contribution in [2.45, 2.75) is 31.2 Å². The quantitative estimate of drug-likeness (QED) is 0.898. The van der Waals surface area contributed by atoms with Crippen molar-refractivity contribution in [1.82, 2.24) is 5.32 Å². The Morgan fingerprint density at radius 1 is 1.21 bits per heavy atom. The van der Waals surface area contributed by atoms with Crippen molar-refractivity contribution in [3.8, 4) is 0 Å². The minimum Gasteiger partial charge on any atom is -0.347 e. The second-order valence-corrected chi connectivity index (χ2v) is 9.18. The molecule has 8 heteroatoms. The fraction of sp³-hybridized carbons (Fsp3) is 0.312. The number of nitrogens with one attached hydrogen (secondary N) is 1. The van der Waals surface area contributed by atoms with E-state index < -0.39 is 21.4 Å². The predicted molar refractivity (Wildman–Crippen MR) is 93.5 cm³/mol. The van der Waals surface area contributed by atoms with Crippen molar-refractivity contribution in [3.63, 3.8) is 0 Å². The Balaban J connectivity index is 2.27. The first-order valence-corrected chi connectivity index (χ1v) is 9.48. The molecule has 1 aromatic heterocycles. The molecule has 0 fully saturated rings. The van der Waals surface area contributed by atoms with E-state index in [1.807, 2.05) is 20.8 Å². The average molecular weight is 370 g/mol. The summed E-state index contributed by atoms with van der Waals surface area (Å²) in [6.07, 6.45) is 0. The molecule has 2 aromatic rings. The number of anilines is 1. The highest BCUT2D eigenvalue weighted by Gasteiger charge is 2.25. The molecule has 1 N–H and O–H groups in total. The van der Waals surface area contributed by atoms with Gasteiger partial charge in [-0.15, -0.1) is 11.3 Å². The molecule has 1 aromatic carbocycles. The molecule has 0 aliphatic rings. The van der Waals surface area contributed by atoms with Gasteiger partial charge in [0, 0.05) is 18.0 Å². The van der Waals surface area contributed by atoms with Crippen LogP contribution in [0.5, 0.6) is 0 Å². The van der Waals surface area contributed by atoms with Crippen LogP contribution < -0.4 is 9.62 Å². The van der Waals surface area contributed by atoms with Gasteiger partial charge in [-0.05, 0) is 51.1 Å². The number of amides is 1. The third-order valence-electron chi connectivity index (χ3n) is 3.14. The van der Waals surface area contributed by atoms with Crippen molar-refractivity contribution in [2.75, 3.05) is 11.4 Å². The van der Waals surface area contributed by atoms with Gasteiger partial charge in [-0.1, -0.05) is 0 Å². The van der Waals surface area contributed by atoms with Crippen LogP contribution in [0.1, 0.15) is 30.4 Å². The molecule has 0 unspecified atom stereocenters. The van der Waals surface area contributed by atoms with Crippen molar-refractivity contribution in [1.29, 1.82) is 0 Å². The topological polar surface area (TPSA) is 66.5 Å². The molecule has 5 nitrogen and oxygen atoms in total. The average Bonchev–Trinajstić information content (AvgIpc) is 2.96. The number of hydrogen-bond acceptors (Lipinski definition) is 4.